The molecule has 1 atom stereocenters. The Morgan fingerprint density at radius 3 is 3.16 bits per heavy atom. The first kappa shape index (κ1) is 12.9. The second-order valence-corrected chi connectivity index (χ2v) is 5.87. The normalized spacial score (nSPS) is 22.6. The maximum absolute atomic E-state index is 4.89. The predicted molar refractivity (Wildman–Crippen MR) is 79.8 cm³/mol. The fraction of sp³-hybridized carbons (Fsp3) is 0.688. The molecule has 0 aromatic carbocycles. The van der Waals surface area contributed by atoms with Gasteiger partial charge < -0.3 is 10.2 Å². The summed E-state index contributed by atoms with van der Waals surface area (Å²) in [5.74, 6) is 1.20. The van der Waals surface area contributed by atoms with Crippen molar-refractivity contribution < 1.29 is 0 Å². The van der Waals surface area contributed by atoms with E-state index >= 15 is 0 Å². The van der Waals surface area contributed by atoms with E-state index < -0.39 is 0 Å². The van der Waals surface area contributed by atoms with Crippen molar-refractivity contribution in [3.05, 3.63) is 23.4 Å². The average Bonchev–Trinajstić information content (AvgIpc) is 2.92. The minimum Gasteiger partial charge on any atom is -0.355 e. The first-order valence-corrected chi connectivity index (χ1v) is 7.84. The van der Waals surface area contributed by atoms with Crippen LogP contribution in [0.25, 0.3) is 0 Å². The van der Waals surface area contributed by atoms with Gasteiger partial charge in [0.1, 0.15) is 5.82 Å². The number of nitrogens with one attached hydrogen (secondary N) is 1. The third-order valence-corrected chi connectivity index (χ3v) is 4.34. The zero-order valence-corrected chi connectivity index (χ0v) is 12.0. The van der Waals surface area contributed by atoms with Crippen LogP contribution < -0.4 is 10.2 Å². The van der Waals surface area contributed by atoms with E-state index in [1.54, 1.807) is 0 Å². The van der Waals surface area contributed by atoms with Crippen LogP contribution >= 0.6 is 0 Å². The highest BCUT2D eigenvalue weighted by Crippen LogP contribution is 2.25. The van der Waals surface area contributed by atoms with Crippen molar-refractivity contribution >= 4 is 5.82 Å². The standard InChI is InChI=1S/C16H25N3/c1-2-10-17-14-6-4-11-19(12-14)16-9-8-13-5-3-7-15(13)18-16/h8-9,14,17H,2-7,10-12H2,1H3. The van der Waals surface area contributed by atoms with Crippen LogP contribution in [0.4, 0.5) is 5.82 Å². The van der Waals surface area contributed by atoms with E-state index in [1.165, 1.54) is 55.6 Å². The quantitative estimate of drug-likeness (QED) is 0.900. The van der Waals surface area contributed by atoms with Crippen molar-refractivity contribution in [2.75, 3.05) is 24.5 Å². The molecular weight excluding hydrogens is 234 g/mol. The van der Waals surface area contributed by atoms with E-state index in [4.69, 9.17) is 4.98 Å². The zero-order chi connectivity index (χ0) is 13.1. The summed E-state index contributed by atoms with van der Waals surface area (Å²) < 4.78 is 0. The lowest BCUT2D eigenvalue weighted by Gasteiger charge is -2.34. The van der Waals surface area contributed by atoms with Gasteiger partial charge in [0.25, 0.3) is 0 Å². The van der Waals surface area contributed by atoms with Crippen LogP contribution in [-0.2, 0) is 12.8 Å². The smallest absolute Gasteiger partial charge is 0.128 e. The fourth-order valence-corrected chi connectivity index (χ4v) is 3.29. The molecule has 1 fully saturated rings. The number of fused-ring (bicyclic) bond motifs is 1. The third-order valence-electron chi connectivity index (χ3n) is 4.34. The highest BCUT2D eigenvalue weighted by atomic mass is 15.2. The van der Waals surface area contributed by atoms with Crippen LogP contribution in [0.3, 0.4) is 0 Å². The Hall–Kier alpha value is -1.09. The molecule has 19 heavy (non-hydrogen) atoms. The number of piperidine rings is 1. The van der Waals surface area contributed by atoms with Gasteiger partial charge in [-0.25, -0.2) is 4.98 Å². The molecule has 104 valence electrons. The molecule has 1 aliphatic heterocycles. The van der Waals surface area contributed by atoms with Crippen molar-refractivity contribution in [1.29, 1.82) is 0 Å². The first-order valence-electron chi connectivity index (χ1n) is 7.84. The molecule has 3 nitrogen and oxygen atoms in total. The molecule has 1 aromatic heterocycles. The van der Waals surface area contributed by atoms with Gasteiger partial charge in [0.2, 0.25) is 0 Å². The number of anilines is 1. The molecular formula is C16H25N3. The maximum atomic E-state index is 4.89. The predicted octanol–water partition coefficient (Wildman–Crippen LogP) is 2.54. The van der Waals surface area contributed by atoms with E-state index in [1.807, 2.05) is 0 Å². The molecule has 1 aromatic rings. The van der Waals surface area contributed by atoms with E-state index in [9.17, 15) is 0 Å². The Balaban J connectivity index is 1.67. The minimum atomic E-state index is 0.642. The van der Waals surface area contributed by atoms with Gasteiger partial charge in [-0.2, -0.15) is 0 Å². The topological polar surface area (TPSA) is 28.2 Å². The second kappa shape index (κ2) is 5.91. The van der Waals surface area contributed by atoms with Crippen LogP contribution in [0.2, 0.25) is 0 Å². The van der Waals surface area contributed by atoms with Gasteiger partial charge in [0.15, 0.2) is 0 Å². The Labute approximate surface area is 116 Å². The molecule has 3 rings (SSSR count). The minimum absolute atomic E-state index is 0.642. The van der Waals surface area contributed by atoms with Crippen LogP contribution in [0.15, 0.2) is 12.1 Å². The summed E-state index contributed by atoms with van der Waals surface area (Å²) in [5.41, 5.74) is 2.82. The van der Waals surface area contributed by atoms with Gasteiger partial charge in [0, 0.05) is 24.8 Å². The van der Waals surface area contributed by atoms with Gasteiger partial charge in [-0.3, -0.25) is 0 Å². The Morgan fingerprint density at radius 2 is 2.26 bits per heavy atom. The summed E-state index contributed by atoms with van der Waals surface area (Å²) in [5, 5.41) is 3.65. The van der Waals surface area contributed by atoms with Crippen LogP contribution in [0, 0.1) is 0 Å². The maximum Gasteiger partial charge on any atom is 0.128 e. The monoisotopic (exact) mass is 259 g/mol. The summed E-state index contributed by atoms with van der Waals surface area (Å²) in [6.07, 6.45) is 7.49. The molecule has 0 radical (unpaired) electrons. The molecule has 1 unspecified atom stereocenters. The van der Waals surface area contributed by atoms with E-state index in [2.05, 4.69) is 29.3 Å². The molecule has 1 saturated heterocycles. The lowest BCUT2D eigenvalue weighted by atomic mass is 10.1. The number of hydrogen-bond donors (Lipinski definition) is 1. The van der Waals surface area contributed by atoms with Gasteiger partial charge in [0.05, 0.1) is 0 Å². The van der Waals surface area contributed by atoms with Crippen molar-refractivity contribution in [1.82, 2.24) is 10.3 Å². The van der Waals surface area contributed by atoms with Crippen molar-refractivity contribution in [2.45, 2.75) is 51.5 Å². The van der Waals surface area contributed by atoms with Crippen LogP contribution in [0.1, 0.15) is 43.9 Å². The lowest BCUT2D eigenvalue weighted by molar-refractivity contribution is 0.421. The summed E-state index contributed by atoms with van der Waals surface area (Å²) in [6, 6.07) is 5.17. The van der Waals surface area contributed by atoms with Crippen LogP contribution in [0.5, 0.6) is 0 Å². The van der Waals surface area contributed by atoms with E-state index in [-0.39, 0.29) is 0 Å². The third kappa shape index (κ3) is 2.92. The number of aryl methyl sites for hydroxylation is 2. The van der Waals surface area contributed by atoms with Crippen molar-refractivity contribution in [3.63, 3.8) is 0 Å². The van der Waals surface area contributed by atoms with E-state index in [0.717, 1.165) is 19.6 Å². The van der Waals surface area contributed by atoms with Crippen molar-refractivity contribution in [2.24, 2.45) is 0 Å². The molecule has 1 N–H and O–H groups in total. The SMILES string of the molecule is CCCNC1CCCN(c2ccc3c(n2)CCC3)C1. The number of rotatable bonds is 4. The molecule has 0 amide bonds. The Kier molecular flexibility index (Phi) is 4.02. The average molecular weight is 259 g/mol. The summed E-state index contributed by atoms with van der Waals surface area (Å²) in [6.45, 7) is 5.65. The van der Waals surface area contributed by atoms with Gasteiger partial charge >= 0.3 is 0 Å². The molecule has 0 spiro atoms. The highest BCUT2D eigenvalue weighted by molar-refractivity contribution is 5.43. The van der Waals surface area contributed by atoms with Gasteiger partial charge in [-0.1, -0.05) is 13.0 Å². The van der Waals surface area contributed by atoms with Gasteiger partial charge in [-0.15, -0.1) is 0 Å². The number of pyridine rings is 1. The summed E-state index contributed by atoms with van der Waals surface area (Å²) in [4.78, 5) is 7.36. The Bertz CT molecular complexity index is 430. The highest BCUT2D eigenvalue weighted by Gasteiger charge is 2.21. The molecule has 1 aliphatic carbocycles. The summed E-state index contributed by atoms with van der Waals surface area (Å²) >= 11 is 0. The molecule has 3 heteroatoms. The van der Waals surface area contributed by atoms with Crippen molar-refractivity contribution in [3.8, 4) is 0 Å². The number of nitrogens with zero attached hydrogens (tertiary/aromatic N) is 2. The molecule has 0 bridgehead atoms. The van der Waals surface area contributed by atoms with E-state index in [0.29, 0.717) is 6.04 Å². The molecule has 2 aliphatic rings. The molecule has 2 heterocycles. The Morgan fingerprint density at radius 1 is 1.32 bits per heavy atom. The molecule has 0 saturated carbocycles. The van der Waals surface area contributed by atoms with Gasteiger partial charge in [-0.05, 0) is 56.7 Å². The number of aromatic nitrogens is 1. The largest absolute Gasteiger partial charge is 0.355 e. The number of hydrogen-bond acceptors (Lipinski definition) is 3. The fourth-order valence-electron chi connectivity index (χ4n) is 3.29. The first-order chi connectivity index (χ1) is 9.36. The zero-order valence-electron chi connectivity index (χ0n) is 12.0. The lowest BCUT2D eigenvalue weighted by Crippen LogP contribution is -2.46. The summed E-state index contributed by atoms with van der Waals surface area (Å²) in [7, 11) is 0. The van der Waals surface area contributed by atoms with Crippen LogP contribution in [-0.4, -0.2) is 30.7 Å². The second-order valence-electron chi connectivity index (χ2n) is 5.87.